The fraction of sp³-hybridized carbons (Fsp3) is 0.719. The average molecular weight is 625 g/mol. The van der Waals surface area contributed by atoms with Gasteiger partial charge in [-0.1, -0.05) is 48.0 Å². The fourth-order valence-electron chi connectivity index (χ4n) is 7.39. The number of urea groups is 1. The molecule has 3 saturated heterocycles. The van der Waals surface area contributed by atoms with Crippen LogP contribution in [0, 0.1) is 23.2 Å². The van der Waals surface area contributed by atoms with E-state index in [-0.39, 0.29) is 53.5 Å². The first kappa shape index (κ1) is 32.6. The summed E-state index contributed by atoms with van der Waals surface area (Å²) in [5.41, 5.74) is -0.725. The number of nitrogens with one attached hydrogen (secondary N) is 2. The predicted molar refractivity (Wildman–Crippen MR) is 167 cm³/mol. The molecule has 13 heteroatoms. The van der Waals surface area contributed by atoms with Crippen molar-refractivity contribution in [2.75, 3.05) is 37.6 Å². The second-order valence-electron chi connectivity index (χ2n) is 13.9. The lowest BCUT2D eigenvalue weighted by Gasteiger charge is -2.44. The summed E-state index contributed by atoms with van der Waals surface area (Å²) in [6.07, 6.45) is 6.11. The first-order valence-corrected chi connectivity index (χ1v) is 16.4. The molecule has 4 aliphatic rings. The molecule has 4 fully saturated rings. The monoisotopic (exact) mass is 624 g/mol. The van der Waals surface area contributed by atoms with Crippen LogP contribution in [0.1, 0.15) is 67.2 Å². The standard InChI is InChI=1S/C32H48N8O5/c1-19(2)23(27(42)37-15-17-38(18-16-37)30-33-12-8-13-34-30)35-31(45)36-24(20(3)4)28(43)39-14-9-22-25(39)32(10-7-11-32)29(44)40(22)26(41)21(5)6/h8,12-13,19-25H,7,9-11,14-18H2,1-6H3,(H2,35,36,45)/t22-,23-,24-,25-/m0/s1. The molecule has 1 spiro atoms. The molecule has 246 valence electrons. The third kappa shape index (κ3) is 5.97. The topological polar surface area (TPSA) is 148 Å². The number of imide groups is 1. The summed E-state index contributed by atoms with van der Waals surface area (Å²) in [7, 11) is 0. The molecule has 4 heterocycles. The van der Waals surface area contributed by atoms with Crippen molar-refractivity contribution < 1.29 is 24.0 Å². The average Bonchev–Trinajstić information content (AvgIpc) is 3.53. The smallest absolute Gasteiger partial charge is 0.316 e. The van der Waals surface area contributed by atoms with Crippen LogP contribution in [0.5, 0.6) is 0 Å². The lowest BCUT2D eigenvalue weighted by molar-refractivity contribution is -0.153. The number of likely N-dealkylation sites (tertiary alicyclic amines) is 2. The van der Waals surface area contributed by atoms with Crippen LogP contribution in [0.3, 0.4) is 0 Å². The Hall–Kier alpha value is -3.77. The van der Waals surface area contributed by atoms with Crippen LogP contribution >= 0.6 is 0 Å². The maximum atomic E-state index is 14.1. The van der Waals surface area contributed by atoms with Crippen molar-refractivity contribution in [1.29, 1.82) is 0 Å². The summed E-state index contributed by atoms with van der Waals surface area (Å²) in [5.74, 6) is -0.882. The van der Waals surface area contributed by atoms with Crippen molar-refractivity contribution in [2.45, 2.75) is 91.4 Å². The molecule has 2 N–H and O–H groups in total. The summed E-state index contributed by atoms with van der Waals surface area (Å²) >= 11 is 0. The van der Waals surface area contributed by atoms with E-state index >= 15 is 0 Å². The molecule has 3 aliphatic heterocycles. The molecule has 0 unspecified atom stereocenters. The van der Waals surface area contributed by atoms with Crippen molar-refractivity contribution in [3.63, 3.8) is 0 Å². The Morgan fingerprint density at radius 3 is 1.91 bits per heavy atom. The molecular formula is C32H48N8O5. The number of anilines is 1. The largest absolute Gasteiger partial charge is 0.337 e. The Balaban J connectivity index is 1.24. The van der Waals surface area contributed by atoms with Gasteiger partial charge in [-0.05, 0) is 37.2 Å². The number of aromatic nitrogens is 2. The Kier molecular flexibility index (Phi) is 9.36. The van der Waals surface area contributed by atoms with Crippen molar-refractivity contribution in [2.24, 2.45) is 23.2 Å². The number of carbonyl (C=O) groups is 5. The van der Waals surface area contributed by atoms with E-state index in [0.29, 0.717) is 57.9 Å². The van der Waals surface area contributed by atoms with E-state index in [1.807, 2.05) is 32.6 Å². The van der Waals surface area contributed by atoms with Gasteiger partial charge in [0.15, 0.2) is 0 Å². The quantitative estimate of drug-likeness (QED) is 0.444. The Labute approximate surface area is 265 Å². The zero-order valence-electron chi connectivity index (χ0n) is 27.4. The number of carbonyl (C=O) groups excluding carboxylic acids is 5. The molecule has 1 aromatic rings. The van der Waals surface area contributed by atoms with Gasteiger partial charge in [-0.15, -0.1) is 0 Å². The molecule has 5 rings (SSSR count). The highest BCUT2D eigenvalue weighted by molar-refractivity contribution is 6.03. The van der Waals surface area contributed by atoms with Crippen molar-refractivity contribution in [3.05, 3.63) is 18.5 Å². The highest BCUT2D eigenvalue weighted by Crippen LogP contribution is 2.56. The molecule has 0 aromatic carbocycles. The second-order valence-corrected chi connectivity index (χ2v) is 13.9. The third-order valence-electron chi connectivity index (χ3n) is 10.0. The van der Waals surface area contributed by atoms with E-state index < -0.39 is 23.5 Å². The van der Waals surface area contributed by atoms with Crippen LogP contribution in [0.15, 0.2) is 18.5 Å². The lowest BCUT2D eigenvalue weighted by Crippen LogP contribution is -2.61. The fourth-order valence-corrected chi connectivity index (χ4v) is 7.39. The highest BCUT2D eigenvalue weighted by atomic mass is 16.2. The number of hydrogen-bond donors (Lipinski definition) is 2. The van der Waals surface area contributed by atoms with Crippen LogP contribution in [0.25, 0.3) is 0 Å². The molecule has 1 aliphatic carbocycles. The molecule has 6 amide bonds. The van der Waals surface area contributed by atoms with E-state index in [1.165, 1.54) is 4.90 Å². The molecule has 13 nitrogen and oxygen atoms in total. The minimum atomic E-state index is -0.858. The summed E-state index contributed by atoms with van der Waals surface area (Å²) in [6, 6.07) is -1.18. The molecular weight excluding hydrogens is 576 g/mol. The predicted octanol–water partition coefficient (Wildman–Crippen LogP) is 1.64. The molecule has 1 aromatic heterocycles. The van der Waals surface area contributed by atoms with Gasteiger partial charge in [-0.25, -0.2) is 14.8 Å². The Morgan fingerprint density at radius 1 is 0.822 bits per heavy atom. The van der Waals surface area contributed by atoms with E-state index in [1.54, 1.807) is 42.1 Å². The number of rotatable bonds is 8. The Bertz CT molecular complexity index is 1290. The zero-order valence-corrected chi connectivity index (χ0v) is 27.4. The van der Waals surface area contributed by atoms with Crippen LogP contribution < -0.4 is 15.5 Å². The first-order chi connectivity index (χ1) is 21.4. The third-order valence-corrected chi connectivity index (χ3v) is 10.0. The molecule has 45 heavy (non-hydrogen) atoms. The lowest BCUT2D eigenvalue weighted by atomic mass is 9.64. The van der Waals surface area contributed by atoms with Crippen molar-refractivity contribution >= 4 is 35.6 Å². The van der Waals surface area contributed by atoms with Crippen LogP contribution in [-0.2, 0) is 19.2 Å². The van der Waals surface area contributed by atoms with E-state index in [0.717, 1.165) is 6.42 Å². The summed E-state index contributed by atoms with van der Waals surface area (Å²) in [6.45, 7) is 13.6. The van der Waals surface area contributed by atoms with Crippen LogP contribution in [0.2, 0.25) is 0 Å². The molecule has 0 radical (unpaired) electrons. The van der Waals surface area contributed by atoms with Crippen molar-refractivity contribution in [1.82, 2.24) is 35.3 Å². The molecule has 4 atom stereocenters. The van der Waals surface area contributed by atoms with Crippen LogP contribution in [0.4, 0.5) is 10.7 Å². The second kappa shape index (κ2) is 12.9. The van der Waals surface area contributed by atoms with Gasteiger partial charge in [-0.3, -0.25) is 24.1 Å². The number of amides is 6. The van der Waals surface area contributed by atoms with Crippen LogP contribution in [-0.4, -0.2) is 111 Å². The molecule has 0 bridgehead atoms. The maximum Gasteiger partial charge on any atom is 0.316 e. The summed E-state index contributed by atoms with van der Waals surface area (Å²) < 4.78 is 0. The normalized spacial score (nSPS) is 23.8. The number of nitrogens with zero attached hydrogens (tertiary/aromatic N) is 6. The highest BCUT2D eigenvalue weighted by Gasteiger charge is 2.67. The summed E-state index contributed by atoms with van der Waals surface area (Å²) in [4.78, 5) is 83.4. The minimum Gasteiger partial charge on any atom is -0.337 e. The van der Waals surface area contributed by atoms with E-state index in [2.05, 4.69) is 20.6 Å². The van der Waals surface area contributed by atoms with Gasteiger partial charge in [0, 0.05) is 51.0 Å². The number of piperazine rings is 1. The first-order valence-electron chi connectivity index (χ1n) is 16.4. The van der Waals surface area contributed by atoms with E-state index in [4.69, 9.17) is 0 Å². The van der Waals surface area contributed by atoms with Gasteiger partial charge >= 0.3 is 6.03 Å². The van der Waals surface area contributed by atoms with E-state index in [9.17, 15) is 24.0 Å². The minimum absolute atomic E-state index is 0.151. The van der Waals surface area contributed by atoms with Gasteiger partial charge in [0.1, 0.15) is 12.1 Å². The summed E-state index contributed by atoms with van der Waals surface area (Å²) in [5, 5.41) is 5.73. The SMILES string of the molecule is CC(C)C(=O)N1C(=O)C2(CCC2)[C@@H]2[C@@H]1CCN2C(=O)[C@@H](NC(=O)N[C@H](C(=O)N1CCN(c2ncccn2)CC1)C(C)C)C(C)C. The Morgan fingerprint density at radius 2 is 1.40 bits per heavy atom. The maximum absolute atomic E-state index is 14.1. The van der Waals surface area contributed by atoms with Gasteiger partial charge in [0.05, 0.1) is 17.5 Å². The van der Waals surface area contributed by atoms with Gasteiger partial charge < -0.3 is 25.3 Å². The number of fused-ring (bicyclic) bond motifs is 2. The van der Waals surface area contributed by atoms with Gasteiger partial charge in [0.25, 0.3) is 0 Å². The van der Waals surface area contributed by atoms with Gasteiger partial charge in [-0.2, -0.15) is 0 Å². The zero-order chi connectivity index (χ0) is 32.6. The number of hydrogen-bond acceptors (Lipinski definition) is 8. The molecule has 1 saturated carbocycles. The van der Waals surface area contributed by atoms with Gasteiger partial charge in [0.2, 0.25) is 29.6 Å². The van der Waals surface area contributed by atoms with Crippen molar-refractivity contribution in [3.8, 4) is 0 Å².